The highest BCUT2D eigenvalue weighted by atomic mass is 16.7. The highest BCUT2D eigenvalue weighted by Gasteiger charge is 2.53. The average Bonchev–Trinajstić information content (AvgIpc) is 3.01. The predicted octanol–water partition coefficient (Wildman–Crippen LogP) is 2.39. The minimum atomic E-state index is -1.58. The van der Waals surface area contributed by atoms with Gasteiger partial charge in [-0.05, 0) is 29.8 Å². The van der Waals surface area contributed by atoms with Crippen LogP contribution in [0.25, 0.3) is 22.1 Å². The van der Waals surface area contributed by atoms with Crippen LogP contribution in [0.15, 0.2) is 45.6 Å². The Hall–Kier alpha value is -5.64. The van der Waals surface area contributed by atoms with Crippen LogP contribution < -0.4 is 19.6 Å². The summed E-state index contributed by atoms with van der Waals surface area (Å²) < 4.78 is 50.0. The molecule has 0 aliphatic carbocycles. The van der Waals surface area contributed by atoms with Crippen LogP contribution in [0.3, 0.4) is 0 Å². The number of carbonyl (C=O) groups is 5. The lowest BCUT2D eigenvalue weighted by molar-refractivity contribution is -0.288. The molecular weight excluding hydrogens is 640 g/mol. The largest absolute Gasteiger partial charge is 0.486 e. The van der Waals surface area contributed by atoms with Gasteiger partial charge in [0.05, 0.1) is 10.9 Å². The highest BCUT2D eigenvalue weighted by molar-refractivity contribution is 5.97. The predicted molar refractivity (Wildman–Crippen MR) is 158 cm³/mol. The maximum atomic E-state index is 13.7. The Kier molecular flexibility index (Phi) is 9.84. The highest BCUT2D eigenvalue weighted by Crippen LogP contribution is 2.36. The van der Waals surface area contributed by atoms with Crippen LogP contribution in [-0.4, -0.2) is 85.5 Å². The molecule has 254 valence electrons. The Morgan fingerprint density at radius 1 is 0.792 bits per heavy atom. The van der Waals surface area contributed by atoms with Gasteiger partial charge in [0.25, 0.3) is 0 Å². The Labute approximate surface area is 271 Å². The molecule has 5 rings (SSSR count). The van der Waals surface area contributed by atoms with E-state index >= 15 is 0 Å². The zero-order valence-corrected chi connectivity index (χ0v) is 26.0. The lowest BCUT2D eigenvalue weighted by Crippen LogP contribution is -2.63. The molecule has 48 heavy (non-hydrogen) atoms. The van der Waals surface area contributed by atoms with Crippen LogP contribution in [0, 0.1) is 0 Å². The number of carbonyl (C=O) groups excluding carboxylic acids is 4. The average molecular weight is 671 g/mol. The number of ether oxygens (including phenoxy) is 8. The van der Waals surface area contributed by atoms with Gasteiger partial charge < -0.3 is 47.4 Å². The third-order valence-corrected chi connectivity index (χ3v) is 7.09. The molecule has 0 saturated carbocycles. The lowest BCUT2D eigenvalue weighted by atomic mass is 9.98. The number of carboxylic acid groups (broad SMARTS) is 1. The Balaban J connectivity index is 1.55. The van der Waals surface area contributed by atoms with Crippen LogP contribution in [-0.2, 0) is 42.9 Å². The summed E-state index contributed by atoms with van der Waals surface area (Å²) in [5.41, 5.74) is -0.837. The Bertz CT molecular complexity index is 1830. The molecule has 2 aliphatic rings. The van der Waals surface area contributed by atoms with Crippen molar-refractivity contribution in [3.63, 3.8) is 0 Å². The fraction of sp³-hybridized carbons (Fsp3) is 0.375. The monoisotopic (exact) mass is 670 g/mol. The summed E-state index contributed by atoms with van der Waals surface area (Å²) in [6.07, 6.45) is -7.27. The fourth-order valence-electron chi connectivity index (χ4n) is 5.28. The number of benzene rings is 2. The van der Waals surface area contributed by atoms with E-state index in [-0.39, 0.29) is 34.5 Å². The zero-order chi connectivity index (χ0) is 34.7. The lowest BCUT2D eigenvalue weighted by Gasteiger charge is -2.43. The standard InChI is InChI=1S/C32H30O16/c1-14(33)42-13-24-27(43-15(2)34)29(44-16(3)35)30(45-17(4)36)32(48-24)46-19-6-7-20-22(12-19)47-28(31(38)39)25(26(20)37)18-5-8-21-23(11-18)41-10-9-40-21/h5-8,11-12,24,27,29-30,32H,9-10,13H2,1-4H3,(H,38,39)/t24-,27-,29+,30-,32-/m0/s1. The molecule has 3 aromatic rings. The van der Waals surface area contributed by atoms with Gasteiger partial charge in [0.1, 0.15) is 37.3 Å². The topological polar surface area (TPSA) is 210 Å². The molecule has 0 radical (unpaired) electrons. The summed E-state index contributed by atoms with van der Waals surface area (Å²) >= 11 is 0. The maximum absolute atomic E-state index is 13.7. The normalized spacial score (nSPS) is 21.5. The second-order valence-electron chi connectivity index (χ2n) is 10.6. The molecule has 1 fully saturated rings. The molecule has 2 aliphatic heterocycles. The van der Waals surface area contributed by atoms with E-state index in [4.69, 9.17) is 42.3 Å². The smallest absolute Gasteiger partial charge is 0.372 e. The van der Waals surface area contributed by atoms with Crippen molar-refractivity contribution in [1.29, 1.82) is 0 Å². The van der Waals surface area contributed by atoms with E-state index in [2.05, 4.69) is 0 Å². The third kappa shape index (κ3) is 7.33. The van der Waals surface area contributed by atoms with E-state index in [1.807, 2.05) is 0 Å². The van der Waals surface area contributed by atoms with Gasteiger partial charge in [0.15, 0.2) is 23.7 Å². The molecule has 0 unspecified atom stereocenters. The first-order valence-electron chi connectivity index (χ1n) is 14.5. The van der Waals surface area contributed by atoms with E-state index in [0.29, 0.717) is 18.1 Å². The van der Waals surface area contributed by atoms with E-state index < -0.39 is 78.3 Å². The molecule has 5 atom stereocenters. The van der Waals surface area contributed by atoms with Crippen molar-refractivity contribution in [3.05, 3.63) is 52.4 Å². The molecular formula is C32H30O16. The number of rotatable bonds is 9. The second kappa shape index (κ2) is 14.0. The van der Waals surface area contributed by atoms with Crippen LogP contribution in [0.4, 0.5) is 0 Å². The summed E-state index contributed by atoms with van der Waals surface area (Å²) in [6, 6.07) is 8.45. The first kappa shape index (κ1) is 33.7. The summed E-state index contributed by atoms with van der Waals surface area (Å²) in [7, 11) is 0. The van der Waals surface area contributed by atoms with E-state index in [1.165, 1.54) is 30.3 Å². The molecule has 3 heterocycles. The quantitative estimate of drug-likeness (QED) is 0.256. The fourth-order valence-corrected chi connectivity index (χ4v) is 5.28. The molecule has 1 saturated heterocycles. The van der Waals surface area contributed by atoms with E-state index in [9.17, 15) is 33.9 Å². The first-order chi connectivity index (χ1) is 22.8. The van der Waals surface area contributed by atoms with Gasteiger partial charge >= 0.3 is 29.8 Å². The SMILES string of the molecule is CC(=O)OC[C@@H]1O[C@H](Oc2ccc3c(=O)c(-c4ccc5c(c4)OCCO5)c(C(=O)O)oc3c2)[C@@H](OC(C)=O)[C@H](OC(C)=O)[C@H]1OC(C)=O. The number of hydrogen-bond donors (Lipinski definition) is 1. The van der Waals surface area contributed by atoms with Crippen LogP contribution in [0.5, 0.6) is 17.2 Å². The molecule has 16 heteroatoms. The molecule has 0 bridgehead atoms. The number of aromatic carboxylic acids is 1. The second-order valence-corrected chi connectivity index (χ2v) is 10.6. The number of fused-ring (bicyclic) bond motifs is 2. The van der Waals surface area contributed by atoms with Crippen molar-refractivity contribution in [2.24, 2.45) is 0 Å². The van der Waals surface area contributed by atoms with Gasteiger partial charge in [-0.15, -0.1) is 0 Å². The summed E-state index contributed by atoms with van der Waals surface area (Å²) in [4.78, 5) is 73.8. The van der Waals surface area contributed by atoms with Crippen molar-refractivity contribution in [2.45, 2.75) is 58.4 Å². The number of hydrogen-bond acceptors (Lipinski definition) is 15. The van der Waals surface area contributed by atoms with Crippen molar-refractivity contribution in [1.82, 2.24) is 0 Å². The van der Waals surface area contributed by atoms with Gasteiger partial charge in [-0.2, -0.15) is 0 Å². The van der Waals surface area contributed by atoms with Gasteiger partial charge in [-0.3, -0.25) is 24.0 Å². The van der Waals surface area contributed by atoms with Crippen LogP contribution in [0.2, 0.25) is 0 Å². The number of carboxylic acids is 1. The van der Waals surface area contributed by atoms with Crippen molar-refractivity contribution in [3.8, 4) is 28.4 Å². The van der Waals surface area contributed by atoms with Gasteiger partial charge in [0, 0.05) is 33.8 Å². The summed E-state index contributed by atoms with van der Waals surface area (Å²) in [6.45, 7) is 4.51. The molecule has 1 N–H and O–H groups in total. The number of esters is 4. The third-order valence-electron chi connectivity index (χ3n) is 7.09. The van der Waals surface area contributed by atoms with Crippen LogP contribution in [0.1, 0.15) is 38.2 Å². The molecule has 2 aromatic carbocycles. The van der Waals surface area contributed by atoms with Crippen molar-refractivity contribution < 1.29 is 71.4 Å². The summed E-state index contributed by atoms with van der Waals surface area (Å²) in [5, 5.41) is 10.0. The maximum Gasteiger partial charge on any atom is 0.372 e. The van der Waals surface area contributed by atoms with Gasteiger partial charge in [0.2, 0.25) is 23.6 Å². The minimum Gasteiger partial charge on any atom is -0.486 e. The van der Waals surface area contributed by atoms with E-state index in [0.717, 1.165) is 27.7 Å². The zero-order valence-electron chi connectivity index (χ0n) is 26.0. The van der Waals surface area contributed by atoms with Crippen molar-refractivity contribution >= 4 is 40.8 Å². The molecule has 0 amide bonds. The van der Waals surface area contributed by atoms with Crippen LogP contribution >= 0.6 is 0 Å². The van der Waals surface area contributed by atoms with Gasteiger partial charge in [-0.1, -0.05) is 6.07 Å². The van der Waals surface area contributed by atoms with Gasteiger partial charge in [-0.25, -0.2) is 4.79 Å². The summed E-state index contributed by atoms with van der Waals surface area (Å²) in [5.74, 6) is -4.63. The molecule has 0 spiro atoms. The van der Waals surface area contributed by atoms with Crippen molar-refractivity contribution in [2.75, 3.05) is 19.8 Å². The molecule has 16 nitrogen and oxygen atoms in total. The molecule has 1 aromatic heterocycles. The Morgan fingerprint density at radius 3 is 2.08 bits per heavy atom. The van der Waals surface area contributed by atoms with E-state index in [1.54, 1.807) is 6.07 Å². The minimum absolute atomic E-state index is 0.00113. The first-order valence-corrected chi connectivity index (χ1v) is 14.5. The Morgan fingerprint density at radius 2 is 1.44 bits per heavy atom.